The summed E-state index contributed by atoms with van der Waals surface area (Å²) in [5.74, 6) is 0.405. The number of nitrogens with one attached hydrogen (secondary N) is 1. The Morgan fingerprint density at radius 1 is 1.12 bits per heavy atom. The van der Waals surface area contributed by atoms with Crippen LogP contribution in [0.25, 0.3) is 0 Å². The molecule has 0 aromatic carbocycles. The molecule has 0 heterocycles. The van der Waals surface area contributed by atoms with Crippen molar-refractivity contribution in [3.63, 3.8) is 0 Å². The van der Waals surface area contributed by atoms with Crippen LogP contribution in [0.5, 0.6) is 0 Å². The molecule has 0 aromatic heterocycles. The lowest BCUT2D eigenvalue weighted by atomic mass is 9.93. The molecule has 0 radical (unpaired) electrons. The molecule has 0 spiro atoms. The Labute approximate surface area is 104 Å². The van der Waals surface area contributed by atoms with E-state index in [9.17, 15) is 4.79 Å². The first-order valence-corrected chi connectivity index (χ1v) is 7.03. The van der Waals surface area contributed by atoms with Crippen molar-refractivity contribution in [2.24, 2.45) is 5.92 Å². The quantitative estimate of drug-likeness (QED) is 0.605. The summed E-state index contributed by atoms with van der Waals surface area (Å²) in [7, 11) is 1.50. The average Bonchev–Trinajstić information content (AvgIpc) is 3.14. The molecule has 2 fully saturated rings. The number of ether oxygens (including phenoxy) is 1. The van der Waals surface area contributed by atoms with E-state index in [1.807, 2.05) is 6.92 Å². The Kier molecular flexibility index (Phi) is 4.08. The van der Waals surface area contributed by atoms with Gasteiger partial charge in [0.2, 0.25) is 0 Å². The molecule has 0 amide bonds. The second kappa shape index (κ2) is 5.38. The second-order valence-electron chi connectivity index (χ2n) is 5.80. The molecule has 3 heteroatoms. The van der Waals surface area contributed by atoms with Crippen molar-refractivity contribution in [2.45, 2.75) is 69.9 Å². The lowest BCUT2D eigenvalue weighted by Gasteiger charge is -2.32. The molecule has 2 saturated carbocycles. The molecule has 2 rings (SSSR count). The van der Waals surface area contributed by atoms with Gasteiger partial charge in [-0.15, -0.1) is 0 Å². The number of carbonyl (C=O) groups is 1. The van der Waals surface area contributed by atoms with Gasteiger partial charge in [-0.2, -0.15) is 0 Å². The SMILES string of the molecule is COC(=O)C(C)(NC1CCCCCC1)C1CC1. The highest BCUT2D eigenvalue weighted by molar-refractivity contribution is 5.81. The van der Waals surface area contributed by atoms with Gasteiger partial charge in [0, 0.05) is 6.04 Å². The third-order valence-corrected chi connectivity index (χ3v) is 4.36. The summed E-state index contributed by atoms with van der Waals surface area (Å²) in [6, 6.07) is 0.502. The Morgan fingerprint density at radius 3 is 2.18 bits per heavy atom. The maximum Gasteiger partial charge on any atom is 0.326 e. The molecule has 0 bridgehead atoms. The molecule has 1 unspecified atom stereocenters. The molecule has 17 heavy (non-hydrogen) atoms. The molecule has 2 aliphatic carbocycles. The number of hydrogen-bond acceptors (Lipinski definition) is 3. The first-order chi connectivity index (χ1) is 8.16. The van der Waals surface area contributed by atoms with Gasteiger partial charge >= 0.3 is 5.97 Å². The van der Waals surface area contributed by atoms with Gasteiger partial charge in [-0.1, -0.05) is 25.7 Å². The van der Waals surface area contributed by atoms with Crippen molar-refractivity contribution in [3.8, 4) is 0 Å². The van der Waals surface area contributed by atoms with Crippen LogP contribution in [0.1, 0.15) is 58.3 Å². The fourth-order valence-corrected chi connectivity index (χ4v) is 3.06. The molecule has 1 atom stereocenters. The van der Waals surface area contributed by atoms with E-state index < -0.39 is 5.54 Å². The smallest absolute Gasteiger partial charge is 0.326 e. The molecule has 0 aromatic rings. The molecule has 98 valence electrons. The van der Waals surface area contributed by atoms with Crippen LogP contribution >= 0.6 is 0 Å². The van der Waals surface area contributed by atoms with Gasteiger partial charge in [0.05, 0.1) is 7.11 Å². The highest BCUT2D eigenvalue weighted by Gasteiger charge is 2.48. The zero-order valence-electron chi connectivity index (χ0n) is 11.1. The van der Waals surface area contributed by atoms with E-state index in [4.69, 9.17) is 4.74 Å². The van der Waals surface area contributed by atoms with Crippen LogP contribution in [0.2, 0.25) is 0 Å². The molecule has 0 saturated heterocycles. The van der Waals surface area contributed by atoms with Gasteiger partial charge in [0.15, 0.2) is 0 Å². The average molecular weight is 239 g/mol. The lowest BCUT2D eigenvalue weighted by molar-refractivity contribution is -0.149. The summed E-state index contributed by atoms with van der Waals surface area (Å²) in [6.07, 6.45) is 10.0. The summed E-state index contributed by atoms with van der Waals surface area (Å²) in [5.41, 5.74) is -0.441. The molecule has 0 aliphatic heterocycles. The normalized spacial score (nSPS) is 26.0. The zero-order chi connectivity index (χ0) is 12.3. The minimum atomic E-state index is -0.441. The fourth-order valence-electron chi connectivity index (χ4n) is 3.06. The van der Waals surface area contributed by atoms with E-state index in [1.165, 1.54) is 45.6 Å². The number of carbonyl (C=O) groups excluding carboxylic acids is 1. The summed E-state index contributed by atoms with van der Waals surface area (Å²) in [4.78, 5) is 12.0. The van der Waals surface area contributed by atoms with Crippen molar-refractivity contribution >= 4 is 5.97 Å². The third-order valence-electron chi connectivity index (χ3n) is 4.36. The maximum atomic E-state index is 12.0. The fraction of sp³-hybridized carbons (Fsp3) is 0.929. The maximum absolute atomic E-state index is 12.0. The van der Waals surface area contributed by atoms with E-state index in [0.717, 1.165) is 12.8 Å². The largest absolute Gasteiger partial charge is 0.468 e. The summed E-state index contributed by atoms with van der Waals surface area (Å²) in [6.45, 7) is 2.03. The number of esters is 1. The topological polar surface area (TPSA) is 38.3 Å². The van der Waals surface area contributed by atoms with Gasteiger partial charge < -0.3 is 4.74 Å². The summed E-state index contributed by atoms with van der Waals surface area (Å²) in [5, 5.41) is 3.61. The van der Waals surface area contributed by atoms with Crippen molar-refractivity contribution in [3.05, 3.63) is 0 Å². The van der Waals surface area contributed by atoms with E-state index >= 15 is 0 Å². The zero-order valence-corrected chi connectivity index (χ0v) is 11.1. The van der Waals surface area contributed by atoms with Crippen LogP contribution in [0.15, 0.2) is 0 Å². The minimum absolute atomic E-state index is 0.0794. The van der Waals surface area contributed by atoms with Gasteiger partial charge in [0.25, 0.3) is 0 Å². The van der Waals surface area contributed by atoms with Gasteiger partial charge in [-0.25, -0.2) is 0 Å². The summed E-state index contributed by atoms with van der Waals surface area (Å²) >= 11 is 0. The van der Waals surface area contributed by atoms with Crippen LogP contribution in [-0.2, 0) is 9.53 Å². The van der Waals surface area contributed by atoms with Crippen LogP contribution in [0.3, 0.4) is 0 Å². The van der Waals surface area contributed by atoms with Crippen LogP contribution in [-0.4, -0.2) is 24.7 Å². The predicted octanol–water partition coefficient (Wildman–Crippen LogP) is 2.64. The molecular formula is C14H25NO2. The summed E-state index contributed by atoms with van der Waals surface area (Å²) < 4.78 is 4.99. The monoisotopic (exact) mass is 239 g/mol. The van der Waals surface area contributed by atoms with Crippen LogP contribution < -0.4 is 5.32 Å². The first-order valence-electron chi connectivity index (χ1n) is 7.03. The van der Waals surface area contributed by atoms with E-state index in [2.05, 4.69) is 5.32 Å². The van der Waals surface area contributed by atoms with E-state index in [0.29, 0.717) is 12.0 Å². The first kappa shape index (κ1) is 12.9. The number of rotatable bonds is 4. The third kappa shape index (κ3) is 3.01. The molecule has 3 nitrogen and oxygen atoms in total. The van der Waals surface area contributed by atoms with E-state index in [1.54, 1.807) is 0 Å². The van der Waals surface area contributed by atoms with Crippen molar-refractivity contribution in [1.29, 1.82) is 0 Å². The van der Waals surface area contributed by atoms with Gasteiger partial charge in [-0.05, 0) is 38.5 Å². The predicted molar refractivity (Wildman–Crippen MR) is 67.8 cm³/mol. The standard InChI is InChI=1S/C14H25NO2/c1-14(11-9-10-11,13(16)17-2)15-12-7-5-3-4-6-8-12/h11-12,15H,3-10H2,1-2H3. The van der Waals surface area contributed by atoms with Crippen LogP contribution in [0, 0.1) is 5.92 Å². The van der Waals surface area contributed by atoms with Gasteiger partial charge in [-0.3, -0.25) is 10.1 Å². The lowest BCUT2D eigenvalue weighted by Crippen LogP contribution is -2.56. The Bertz CT molecular complexity index is 267. The second-order valence-corrected chi connectivity index (χ2v) is 5.80. The molecule has 2 aliphatic rings. The Hall–Kier alpha value is -0.570. The molecular weight excluding hydrogens is 214 g/mol. The van der Waals surface area contributed by atoms with Crippen LogP contribution in [0.4, 0.5) is 0 Å². The Balaban J connectivity index is 1.98. The van der Waals surface area contributed by atoms with Crippen molar-refractivity contribution < 1.29 is 9.53 Å². The number of hydrogen-bond donors (Lipinski definition) is 1. The minimum Gasteiger partial charge on any atom is -0.468 e. The van der Waals surface area contributed by atoms with Crippen molar-refractivity contribution in [2.75, 3.05) is 7.11 Å². The number of methoxy groups -OCH3 is 1. The van der Waals surface area contributed by atoms with Crippen molar-refractivity contribution in [1.82, 2.24) is 5.32 Å². The highest BCUT2D eigenvalue weighted by atomic mass is 16.5. The molecule has 1 N–H and O–H groups in total. The Morgan fingerprint density at radius 2 is 1.71 bits per heavy atom. The van der Waals surface area contributed by atoms with E-state index in [-0.39, 0.29) is 5.97 Å². The van der Waals surface area contributed by atoms with Gasteiger partial charge in [0.1, 0.15) is 5.54 Å². The highest BCUT2D eigenvalue weighted by Crippen LogP contribution is 2.41.